The Bertz CT molecular complexity index is 879. The Labute approximate surface area is 137 Å². The molecule has 1 aromatic heterocycles. The molecule has 0 radical (unpaired) electrons. The highest BCUT2D eigenvalue weighted by Crippen LogP contribution is 2.31. The van der Waals surface area contributed by atoms with Crippen LogP contribution in [-0.4, -0.2) is 22.6 Å². The summed E-state index contributed by atoms with van der Waals surface area (Å²) in [5.41, 5.74) is 1.39. The number of nitrogens with zero attached hydrogens (tertiary/aromatic N) is 3. The molecule has 0 N–H and O–H groups in total. The zero-order chi connectivity index (χ0) is 16.5. The van der Waals surface area contributed by atoms with Crippen molar-refractivity contribution >= 4 is 11.6 Å². The number of anilines is 1. The third-order valence-corrected chi connectivity index (χ3v) is 4.07. The van der Waals surface area contributed by atoms with Crippen LogP contribution >= 0.6 is 0 Å². The molecule has 1 saturated heterocycles. The van der Waals surface area contributed by atoms with Crippen LogP contribution < -0.4 is 4.90 Å². The first-order chi connectivity index (χ1) is 11.7. The highest BCUT2D eigenvalue weighted by molar-refractivity contribution is 5.96. The number of rotatable bonds is 3. The van der Waals surface area contributed by atoms with Gasteiger partial charge in [-0.05, 0) is 30.3 Å². The van der Waals surface area contributed by atoms with E-state index in [0.717, 1.165) is 5.69 Å². The molecule has 1 atom stereocenters. The Balaban J connectivity index is 1.57. The maximum absolute atomic E-state index is 13.3. The monoisotopic (exact) mass is 323 g/mol. The fraction of sp³-hybridized carbons (Fsp3) is 0.167. The summed E-state index contributed by atoms with van der Waals surface area (Å²) in [6.07, 6.45) is 0.330. The highest BCUT2D eigenvalue weighted by atomic mass is 19.1. The molecule has 4 rings (SSSR count). The first-order valence-electron chi connectivity index (χ1n) is 7.65. The van der Waals surface area contributed by atoms with Crippen molar-refractivity contribution in [1.29, 1.82) is 0 Å². The number of carbonyl (C=O) groups excluding carboxylic acids is 1. The van der Waals surface area contributed by atoms with E-state index in [0.29, 0.717) is 24.4 Å². The lowest BCUT2D eigenvalue weighted by molar-refractivity contribution is -0.117. The van der Waals surface area contributed by atoms with Gasteiger partial charge in [-0.15, -0.1) is 0 Å². The number of hydrogen-bond donors (Lipinski definition) is 0. The standard InChI is InChI=1S/C18H14FN3O2/c19-14-6-4-5-12(9-14)18-20-17(21-24-18)13-10-16(23)22(11-13)15-7-2-1-3-8-15/h1-9,13H,10-11H2/t13-/m0/s1. The van der Waals surface area contributed by atoms with Crippen molar-refractivity contribution in [3.05, 3.63) is 66.2 Å². The van der Waals surface area contributed by atoms with Crippen molar-refractivity contribution in [2.24, 2.45) is 0 Å². The molecular formula is C18H14FN3O2. The Morgan fingerprint density at radius 2 is 1.96 bits per heavy atom. The lowest BCUT2D eigenvalue weighted by Crippen LogP contribution is -2.24. The van der Waals surface area contributed by atoms with Crippen LogP contribution in [0.1, 0.15) is 18.2 Å². The molecule has 0 bridgehead atoms. The molecule has 3 aromatic rings. The molecule has 0 spiro atoms. The molecule has 2 aromatic carbocycles. The van der Waals surface area contributed by atoms with E-state index in [-0.39, 0.29) is 23.5 Å². The van der Waals surface area contributed by atoms with Gasteiger partial charge in [-0.2, -0.15) is 4.98 Å². The van der Waals surface area contributed by atoms with Gasteiger partial charge < -0.3 is 9.42 Å². The molecule has 2 heterocycles. The van der Waals surface area contributed by atoms with Gasteiger partial charge in [-0.1, -0.05) is 29.4 Å². The van der Waals surface area contributed by atoms with Crippen LogP contribution in [0.25, 0.3) is 11.5 Å². The van der Waals surface area contributed by atoms with Crippen molar-refractivity contribution in [3.8, 4) is 11.5 Å². The molecule has 1 amide bonds. The molecule has 1 fully saturated rings. The summed E-state index contributed by atoms with van der Waals surface area (Å²) in [5.74, 6) is 0.266. The number of halogens is 1. The first-order valence-corrected chi connectivity index (χ1v) is 7.65. The maximum atomic E-state index is 13.3. The Morgan fingerprint density at radius 1 is 1.12 bits per heavy atom. The summed E-state index contributed by atoms with van der Waals surface area (Å²) in [7, 11) is 0. The van der Waals surface area contributed by atoms with E-state index < -0.39 is 0 Å². The van der Waals surface area contributed by atoms with Crippen molar-refractivity contribution < 1.29 is 13.7 Å². The smallest absolute Gasteiger partial charge is 0.258 e. The minimum Gasteiger partial charge on any atom is -0.334 e. The third kappa shape index (κ3) is 2.67. The fourth-order valence-electron chi connectivity index (χ4n) is 2.88. The average Bonchev–Trinajstić information content (AvgIpc) is 3.22. The molecule has 1 aliphatic heterocycles. The van der Waals surface area contributed by atoms with E-state index in [1.165, 1.54) is 12.1 Å². The second kappa shape index (κ2) is 5.88. The van der Waals surface area contributed by atoms with Crippen LogP contribution in [0.15, 0.2) is 59.1 Å². The Morgan fingerprint density at radius 3 is 2.75 bits per heavy atom. The summed E-state index contributed by atoms with van der Waals surface area (Å²) < 4.78 is 18.5. The van der Waals surface area contributed by atoms with Gasteiger partial charge in [0.25, 0.3) is 5.89 Å². The third-order valence-electron chi connectivity index (χ3n) is 4.07. The van der Waals surface area contributed by atoms with E-state index in [2.05, 4.69) is 10.1 Å². The van der Waals surface area contributed by atoms with Crippen LogP contribution in [0.4, 0.5) is 10.1 Å². The van der Waals surface area contributed by atoms with Gasteiger partial charge in [-0.25, -0.2) is 4.39 Å². The van der Waals surface area contributed by atoms with Crippen molar-refractivity contribution in [2.45, 2.75) is 12.3 Å². The van der Waals surface area contributed by atoms with Gasteiger partial charge in [0.1, 0.15) is 5.82 Å². The van der Waals surface area contributed by atoms with Gasteiger partial charge in [-0.3, -0.25) is 4.79 Å². The predicted molar refractivity (Wildman–Crippen MR) is 85.8 cm³/mol. The van der Waals surface area contributed by atoms with Crippen LogP contribution in [0, 0.1) is 5.82 Å². The Hall–Kier alpha value is -3.02. The van der Waals surface area contributed by atoms with Crippen LogP contribution in [0.3, 0.4) is 0 Å². The SMILES string of the molecule is O=C1C[C@H](c2noc(-c3cccc(F)c3)n2)CN1c1ccccc1. The minimum atomic E-state index is -0.362. The van der Waals surface area contributed by atoms with Crippen LogP contribution in [-0.2, 0) is 4.79 Å². The van der Waals surface area contributed by atoms with E-state index in [4.69, 9.17) is 4.52 Å². The number of para-hydroxylation sites is 1. The van der Waals surface area contributed by atoms with Crippen molar-refractivity contribution in [2.75, 3.05) is 11.4 Å². The molecule has 0 saturated carbocycles. The predicted octanol–water partition coefficient (Wildman–Crippen LogP) is 3.40. The van der Waals surface area contributed by atoms with Gasteiger partial charge in [0.05, 0.1) is 0 Å². The summed E-state index contributed by atoms with van der Waals surface area (Å²) >= 11 is 0. The molecule has 5 nitrogen and oxygen atoms in total. The lowest BCUT2D eigenvalue weighted by Gasteiger charge is -2.15. The number of aromatic nitrogens is 2. The van der Waals surface area contributed by atoms with Gasteiger partial charge in [0.15, 0.2) is 5.82 Å². The van der Waals surface area contributed by atoms with E-state index in [1.807, 2.05) is 30.3 Å². The summed E-state index contributed by atoms with van der Waals surface area (Å²) in [6, 6.07) is 15.5. The molecular weight excluding hydrogens is 309 g/mol. The topological polar surface area (TPSA) is 59.2 Å². The quantitative estimate of drug-likeness (QED) is 0.741. The van der Waals surface area contributed by atoms with Gasteiger partial charge >= 0.3 is 0 Å². The number of benzene rings is 2. The fourth-order valence-corrected chi connectivity index (χ4v) is 2.88. The zero-order valence-corrected chi connectivity index (χ0v) is 12.7. The van der Waals surface area contributed by atoms with Gasteiger partial charge in [0.2, 0.25) is 5.91 Å². The number of carbonyl (C=O) groups is 1. The summed E-state index contributed by atoms with van der Waals surface area (Å²) in [6.45, 7) is 0.505. The van der Waals surface area contributed by atoms with Crippen LogP contribution in [0.2, 0.25) is 0 Å². The molecule has 1 aliphatic rings. The first kappa shape index (κ1) is 14.6. The second-order valence-electron chi connectivity index (χ2n) is 5.71. The summed E-state index contributed by atoms with van der Waals surface area (Å²) in [5, 5.41) is 3.98. The number of amides is 1. The van der Waals surface area contributed by atoms with Crippen molar-refractivity contribution in [3.63, 3.8) is 0 Å². The van der Waals surface area contributed by atoms with E-state index in [1.54, 1.807) is 17.0 Å². The lowest BCUT2D eigenvalue weighted by atomic mass is 10.1. The molecule has 24 heavy (non-hydrogen) atoms. The average molecular weight is 323 g/mol. The van der Waals surface area contributed by atoms with E-state index in [9.17, 15) is 9.18 Å². The molecule has 6 heteroatoms. The maximum Gasteiger partial charge on any atom is 0.258 e. The number of hydrogen-bond acceptors (Lipinski definition) is 4. The normalized spacial score (nSPS) is 17.5. The Kier molecular flexibility index (Phi) is 3.57. The second-order valence-corrected chi connectivity index (χ2v) is 5.71. The van der Waals surface area contributed by atoms with Gasteiger partial charge in [0, 0.05) is 30.1 Å². The highest BCUT2D eigenvalue weighted by Gasteiger charge is 2.34. The van der Waals surface area contributed by atoms with Crippen LogP contribution in [0.5, 0.6) is 0 Å². The zero-order valence-electron chi connectivity index (χ0n) is 12.7. The summed E-state index contributed by atoms with van der Waals surface area (Å²) in [4.78, 5) is 18.3. The molecule has 0 aliphatic carbocycles. The van der Waals surface area contributed by atoms with E-state index >= 15 is 0 Å². The largest absolute Gasteiger partial charge is 0.334 e. The molecule has 0 unspecified atom stereocenters. The molecule has 120 valence electrons. The minimum absolute atomic E-state index is 0.0308. The van der Waals surface area contributed by atoms with Crippen molar-refractivity contribution in [1.82, 2.24) is 10.1 Å².